The number of amides is 1. The Morgan fingerprint density at radius 3 is 3.16 bits per heavy atom. The van der Waals surface area contributed by atoms with Crippen LogP contribution in [-0.2, 0) is 4.79 Å². The number of nitrogen functional groups attached to an aromatic ring is 1. The first-order valence-corrected chi connectivity index (χ1v) is 6.55. The Hall–Kier alpha value is -1.89. The zero-order valence-electron chi connectivity index (χ0n) is 10.9. The third-order valence-corrected chi connectivity index (χ3v) is 3.87. The van der Waals surface area contributed by atoms with Crippen molar-refractivity contribution in [1.29, 1.82) is 0 Å². The number of piperidine rings is 1. The number of hydrazine groups is 1. The normalized spacial score (nSPS) is 26.0. The molecular weight excluding hydrogens is 244 g/mol. The first-order valence-electron chi connectivity index (χ1n) is 6.55. The Bertz CT molecular complexity index is 505. The zero-order chi connectivity index (χ0) is 13.4. The van der Waals surface area contributed by atoms with E-state index in [1.165, 1.54) is 0 Å². The lowest BCUT2D eigenvalue weighted by atomic mass is 9.91. The van der Waals surface area contributed by atoms with E-state index in [0.717, 1.165) is 30.9 Å². The molecule has 3 rings (SSSR count). The number of nitrogens with two attached hydrogens (primary N) is 1. The van der Waals surface area contributed by atoms with E-state index in [4.69, 9.17) is 5.84 Å². The molecule has 7 heteroatoms. The third kappa shape index (κ3) is 2.10. The van der Waals surface area contributed by atoms with Gasteiger partial charge in [0.1, 0.15) is 5.82 Å². The maximum atomic E-state index is 11.8. The molecule has 2 fully saturated rings. The van der Waals surface area contributed by atoms with Gasteiger partial charge in [0.25, 0.3) is 0 Å². The highest BCUT2D eigenvalue weighted by Crippen LogP contribution is 2.31. The summed E-state index contributed by atoms with van der Waals surface area (Å²) < 4.78 is 0. The molecule has 0 radical (unpaired) electrons. The van der Waals surface area contributed by atoms with E-state index < -0.39 is 0 Å². The summed E-state index contributed by atoms with van der Waals surface area (Å²) in [6.45, 7) is 3.51. The number of aromatic nitrogens is 2. The van der Waals surface area contributed by atoms with E-state index in [0.29, 0.717) is 12.5 Å². The molecule has 2 aliphatic rings. The fourth-order valence-electron chi connectivity index (χ4n) is 3.00. The standard InChI is InChI=1S/C12H18N6O/c1-7-5-10(16-12(15-7)17-13)18-4-2-3-8-9(18)6-14-11(8)19/h5,8-9H,2-4,6,13H2,1H3,(H,14,19)(H,15,16,17). The highest BCUT2D eigenvalue weighted by molar-refractivity contribution is 5.83. The molecule has 1 aromatic rings. The van der Waals surface area contributed by atoms with Crippen LogP contribution >= 0.6 is 0 Å². The van der Waals surface area contributed by atoms with Gasteiger partial charge in [0.05, 0.1) is 12.0 Å². The van der Waals surface area contributed by atoms with Crippen LogP contribution in [0.25, 0.3) is 0 Å². The largest absolute Gasteiger partial charge is 0.354 e. The second kappa shape index (κ2) is 4.65. The van der Waals surface area contributed by atoms with Gasteiger partial charge in [0.2, 0.25) is 11.9 Å². The fourth-order valence-corrected chi connectivity index (χ4v) is 3.00. The molecule has 0 saturated carbocycles. The molecule has 1 aromatic heterocycles. The molecule has 2 unspecified atom stereocenters. The van der Waals surface area contributed by atoms with Crippen molar-refractivity contribution in [3.05, 3.63) is 11.8 Å². The smallest absolute Gasteiger partial charge is 0.239 e. The van der Waals surface area contributed by atoms with Crippen molar-refractivity contribution >= 4 is 17.7 Å². The Balaban J connectivity index is 1.92. The van der Waals surface area contributed by atoms with Crippen molar-refractivity contribution in [3.8, 4) is 0 Å². The van der Waals surface area contributed by atoms with Crippen molar-refractivity contribution in [2.24, 2.45) is 11.8 Å². The molecule has 19 heavy (non-hydrogen) atoms. The van der Waals surface area contributed by atoms with Crippen LogP contribution in [0, 0.1) is 12.8 Å². The van der Waals surface area contributed by atoms with Crippen molar-refractivity contribution < 1.29 is 4.79 Å². The number of nitrogens with zero attached hydrogens (tertiary/aromatic N) is 3. The number of rotatable bonds is 2. The molecule has 2 aliphatic heterocycles. The van der Waals surface area contributed by atoms with Gasteiger partial charge >= 0.3 is 0 Å². The quantitative estimate of drug-likeness (QED) is 0.504. The second-order valence-corrected chi connectivity index (χ2v) is 5.09. The van der Waals surface area contributed by atoms with Crippen molar-refractivity contribution in [1.82, 2.24) is 15.3 Å². The molecule has 1 amide bonds. The van der Waals surface area contributed by atoms with Crippen molar-refractivity contribution in [2.45, 2.75) is 25.8 Å². The molecule has 7 nitrogen and oxygen atoms in total. The maximum Gasteiger partial charge on any atom is 0.239 e. The van der Waals surface area contributed by atoms with Gasteiger partial charge in [-0.15, -0.1) is 0 Å². The summed E-state index contributed by atoms with van der Waals surface area (Å²) in [6.07, 6.45) is 1.96. The van der Waals surface area contributed by atoms with Gasteiger partial charge in [-0.2, -0.15) is 4.98 Å². The molecule has 102 valence electrons. The summed E-state index contributed by atoms with van der Waals surface area (Å²) in [6, 6.07) is 2.13. The average Bonchev–Trinajstić information content (AvgIpc) is 2.80. The summed E-state index contributed by atoms with van der Waals surface area (Å²) in [4.78, 5) is 22.6. The summed E-state index contributed by atoms with van der Waals surface area (Å²) in [5.74, 6) is 6.88. The van der Waals surface area contributed by atoms with Crippen molar-refractivity contribution in [3.63, 3.8) is 0 Å². The Labute approximate surface area is 111 Å². The van der Waals surface area contributed by atoms with Gasteiger partial charge < -0.3 is 10.2 Å². The first-order chi connectivity index (χ1) is 9.19. The number of hydrogen-bond acceptors (Lipinski definition) is 6. The summed E-state index contributed by atoms with van der Waals surface area (Å²) in [7, 11) is 0. The summed E-state index contributed by atoms with van der Waals surface area (Å²) in [5, 5.41) is 2.94. The molecule has 4 N–H and O–H groups in total. The summed E-state index contributed by atoms with van der Waals surface area (Å²) in [5.41, 5.74) is 3.34. The lowest BCUT2D eigenvalue weighted by Gasteiger charge is -2.36. The monoisotopic (exact) mass is 262 g/mol. The van der Waals surface area contributed by atoms with E-state index in [1.807, 2.05) is 13.0 Å². The van der Waals surface area contributed by atoms with Gasteiger partial charge in [0.15, 0.2) is 0 Å². The minimum Gasteiger partial charge on any atom is -0.354 e. The number of aryl methyl sites for hydroxylation is 1. The van der Waals surface area contributed by atoms with E-state index >= 15 is 0 Å². The Morgan fingerprint density at radius 2 is 2.37 bits per heavy atom. The minimum atomic E-state index is 0.0818. The van der Waals surface area contributed by atoms with E-state index in [2.05, 4.69) is 25.6 Å². The van der Waals surface area contributed by atoms with Gasteiger partial charge in [0, 0.05) is 24.8 Å². The topological polar surface area (TPSA) is 96.2 Å². The third-order valence-electron chi connectivity index (χ3n) is 3.87. The van der Waals surface area contributed by atoms with Crippen LogP contribution in [0.5, 0.6) is 0 Å². The predicted molar refractivity (Wildman–Crippen MR) is 71.4 cm³/mol. The number of carbonyl (C=O) groups is 1. The fraction of sp³-hybridized carbons (Fsp3) is 0.583. The number of hydrogen-bond donors (Lipinski definition) is 3. The number of nitrogens with one attached hydrogen (secondary N) is 2. The predicted octanol–water partition coefficient (Wildman–Crippen LogP) is -0.215. The zero-order valence-corrected chi connectivity index (χ0v) is 10.9. The highest BCUT2D eigenvalue weighted by Gasteiger charge is 2.41. The molecule has 0 aromatic carbocycles. The summed E-state index contributed by atoms with van der Waals surface area (Å²) >= 11 is 0. The molecule has 2 saturated heterocycles. The lowest BCUT2D eigenvalue weighted by Crippen LogP contribution is -2.46. The van der Waals surface area contributed by atoms with Crippen LogP contribution in [0.2, 0.25) is 0 Å². The SMILES string of the molecule is Cc1cc(N2CCCC3C(=O)NCC32)nc(NN)n1. The Kier molecular flexibility index (Phi) is 2.98. The van der Waals surface area contributed by atoms with Crippen LogP contribution < -0.4 is 21.5 Å². The molecule has 2 atom stereocenters. The molecule has 0 bridgehead atoms. The number of anilines is 2. The van der Waals surface area contributed by atoms with Crippen LogP contribution in [0.3, 0.4) is 0 Å². The Morgan fingerprint density at radius 1 is 1.53 bits per heavy atom. The lowest BCUT2D eigenvalue weighted by molar-refractivity contribution is -0.122. The van der Waals surface area contributed by atoms with Crippen LogP contribution in [-0.4, -0.2) is 35.0 Å². The molecule has 3 heterocycles. The van der Waals surface area contributed by atoms with Crippen molar-refractivity contribution in [2.75, 3.05) is 23.4 Å². The van der Waals surface area contributed by atoms with Crippen LogP contribution in [0.15, 0.2) is 6.07 Å². The van der Waals surface area contributed by atoms with Gasteiger partial charge in [-0.3, -0.25) is 10.2 Å². The maximum absolute atomic E-state index is 11.8. The number of fused-ring (bicyclic) bond motifs is 1. The van der Waals surface area contributed by atoms with Crippen LogP contribution in [0.1, 0.15) is 18.5 Å². The molecule has 0 aliphatic carbocycles. The van der Waals surface area contributed by atoms with E-state index in [9.17, 15) is 4.79 Å². The second-order valence-electron chi connectivity index (χ2n) is 5.09. The van der Waals surface area contributed by atoms with Gasteiger partial charge in [-0.1, -0.05) is 0 Å². The minimum absolute atomic E-state index is 0.0818. The highest BCUT2D eigenvalue weighted by atomic mass is 16.2. The first kappa shape index (κ1) is 12.2. The van der Waals surface area contributed by atoms with E-state index in [-0.39, 0.29) is 17.9 Å². The van der Waals surface area contributed by atoms with Gasteiger partial charge in [-0.25, -0.2) is 10.8 Å². The van der Waals surface area contributed by atoms with Gasteiger partial charge in [-0.05, 0) is 19.8 Å². The van der Waals surface area contributed by atoms with Crippen LogP contribution in [0.4, 0.5) is 11.8 Å². The molecule has 0 spiro atoms. The number of carbonyl (C=O) groups excluding carboxylic acids is 1. The van der Waals surface area contributed by atoms with E-state index in [1.54, 1.807) is 0 Å². The molecular formula is C12H18N6O. The average molecular weight is 262 g/mol.